The second-order valence-corrected chi connectivity index (χ2v) is 12.7. The Morgan fingerprint density at radius 2 is 1.91 bits per heavy atom. The zero-order valence-corrected chi connectivity index (χ0v) is 26.2. The average Bonchev–Trinajstić information content (AvgIpc) is 3.60. The lowest BCUT2D eigenvalue weighted by Gasteiger charge is -2.41. The van der Waals surface area contributed by atoms with E-state index < -0.39 is 23.2 Å². The van der Waals surface area contributed by atoms with Gasteiger partial charge in [-0.1, -0.05) is 29.3 Å². The number of nitriles is 1. The van der Waals surface area contributed by atoms with E-state index in [-0.39, 0.29) is 18.5 Å². The minimum atomic E-state index is -4.64. The van der Waals surface area contributed by atoms with E-state index in [0.717, 1.165) is 29.8 Å². The molecular weight excluding hydrogens is 645 g/mol. The lowest BCUT2D eigenvalue weighted by Crippen LogP contribution is -2.51. The maximum absolute atomic E-state index is 14.3. The molecule has 4 aromatic rings. The van der Waals surface area contributed by atoms with Crippen LogP contribution in [0.1, 0.15) is 42.4 Å². The Morgan fingerprint density at radius 3 is 2.59 bits per heavy atom. The number of aromatic nitrogens is 4. The van der Waals surface area contributed by atoms with Crippen LogP contribution >= 0.6 is 23.2 Å². The highest BCUT2D eigenvalue weighted by molar-refractivity contribution is 6.32. The van der Waals surface area contributed by atoms with Crippen molar-refractivity contribution in [1.82, 2.24) is 25.1 Å². The molecule has 1 saturated carbocycles. The van der Waals surface area contributed by atoms with Gasteiger partial charge in [-0.25, -0.2) is 9.37 Å². The van der Waals surface area contributed by atoms with E-state index in [9.17, 15) is 22.8 Å². The molecule has 46 heavy (non-hydrogen) atoms. The highest BCUT2D eigenvalue weighted by Crippen LogP contribution is 2.48. The molecule has 14 heteroatoms. The number of nitrogens with zero attached hydrogens (tertiary/aromatic N) is 6. The van der Waals surface area contributed by atoms with Crippen molar-refractivity contribution < 1.29 is 22.3 Å². The quantitative estimate of drug-likeness (QED) is 0.184. The summed E-state index contributed by atoms with van der Waals surface area (Å²) in [5.41, 5.74) is 2.73. The van der Waals surface area contributed by atoms with E-state index in [1.54, 1.807) is 24.3 Å². The molecule has 0 unspecified atom stereocenters. The van der Waals surface area contributed by atoms with E-state index in [1.165, 1.54) is 12.3 Å². The first-order chi connectivity index (χ1) is 21.9. The number of halogens is 6. The zero-order valence-electron chi connectivity index (χ0n) is 24.7. The molecule has 8 nitrogen and oxygen atoms in total. The first-order valence-corrected chi connectivity index (χ1v) is 15.4. The predicted molar refractivity (Wildman–Crippen MR) is 165 cm³/mol. The summed E-state index contributed by atoms with van der Waals surface area (Å²) in [6.45, 7) is 4.72. The molecule has 0 amide bonds. The normalized spacial score (nSPS) is 18.0. The highest BCUT2D eigenvalue weighted by Gasteiger charge is 2.44. The Bertz CT molecular complexity index is 1790. The molecule has 0 radical (unpaired) electrons. The van der Waals surface area contributed by atoms with Crippen LogP contribution in [0.4, 0.5) is 23.2 Å². The summed E-state index contributed by atoms with van der Waals surface area (Å²) < 4.78 is 59.5. The fourth-order valence-electron chi connectivity index (χ4n) is 5.57. The minimum Gasteiger partial charge on any atom is -0.487 e. The third-order valence-electron chi connectivity index (χ3n) is 8.49. The van der Waals surface area contributed by atoms with Gasteiger partial charge in [-0.2, -0.15) is 23.5 Å². The van der Waals surface area contributed by atoms with Gasteiger partial charge in [0.2, 0.25) is 5.82 Å². The molecule has 0 spiro atoms. The Labute approximate surface area is 272 Å². The lowest BCUT2D eigenvalue weighted by atomic mass is 9.95. The van der Waals surface area contributed by atoms with Gasteiger partial charge in [-0.3, -0.25) is 15.0 Å². The molecule has 1 saturated heterocycles. The monoisotopic (exact) mass is 673 g/mol. The Morgan fingerprint density at radius 1 is 1.11 bits per heavy atom. The zero-order chi connectivity index (χ0) is 32.6. The molecule has 0 bridgehead atoms. The molecule has 1 N–H and O–H groups in total. The van der Waals surface area contributed by atoms with Crippen LogP contribution in [-0.2, 0) is 25.7 Å². The van der Waals surface area contributed by atoms with Crippen LogP contribution in [0.5, 0.6) is 5.75 Å². The fraction of sp³-hybridized carbons (Fsp3) is 0.375. The minimum absolute atomic E-state index is 0.00271. The van der Waals surface area contributed by atoms with Gasteiger partial charge in [-0.15, -0.1) is 0 Å². The number of rotatable bonds is 9. The molecule has 1 atom stereocenters. The first kappa shape index (κ1) is 32.0. The van der Waals surface area contributed by atoms with Crippen molar-refractivity contribution in [2.45, 2.75) is 51.6 Å². The number of hydrogen-bond donors (Lipinski definition) is 1. The van der Waals surface area contributed by atoms with E-state index >= 15 is 0 Å². The standard InChI is InChI=1S/C32H29Cl2F4N7O/c1-19-15-45(24-4-5-25(34)28(12-24)46-17-20-2-3-23(33)11-26(20)35)9-8-44(19)16-27-21(13-31(18-39)6-7-31)10-22(14-40-27)29-41-30(43-42-29)32(36,37)38/h2-5,10-12,14,19H,6-9,13,15-17H2,1H3,(H,41,42,43)/t19-/m0/s1. The number of ether oxygens (including phenoxy) is 1. The Kier molecular flexibility index (Phi) is 8.85. The van der Waals surface area contributed by atoms with Crippen LogP contribution in [-0.4, -0.2) is 50.7 Å². The molecule has 2 aliphatic rings. The molecule has 2 fully saturated rings. The maximum Gasteiger partial charge on any atom is 0.451 e. The summed E-state index contributed by atoms with van der Waals surface area (Å²) in [7, 11) is 0. The summed E-state index contributed by atoms with van der Waals surface area (Å²) in [5, 5.41) is 16.2. The molecule has 1 aliphatic carbocycles. The molecule has 240 valence electrons. The number of pyridine rings is 1. The number of alkyl halides is 3. The second kappa shape index (κ2) is 12.7. The van der Waals surface area contributed by atoms with E-state index in [0.29, 0.717) is 59.5 Å². The molecule has 2 aromatic heterocycles. The van der Waals surface area contributed by atoms with E-state index in [2.05, 4.69) is 37.9 Å². The number of nitrogens with one attached hydrogen (secondary N) is 1. The third-order valence-corrected chi connectivity index (χ3v) is 9.04. The van der Waals surface area contributed by atoms with E-state index in [1.807, 2.05) is 17.2 Å². The van der Waals surface area contributed by atoms with Gasteiger partial charge in [0, 0.05) is 66.3 Å². The average molecular weight is 675 g/mol. The van der Waals surface area contributed by atoms with Gasteiger partial charge in [0.25, 0.3) is 0 Å². The van der Waals surface area contributed by atoms with Crippen molar-refractivity contribution in [2.24, 2.45) is 5.41 Å². The van der Waals surface area contributed by atoms with Crippen LogP contribution in [0.25, 0.3) is 11.4 Å². The summed E-state index contributed by atoms with van der Waals surface area (Å²) in [6, 6.07) is 14.2. The molecular formula is C32H29Cl2F4N7O. The van der Waals surface area contributed by atoms with Crippen molar-refractivity contribution in [3.8, 4) is 23.2 Å². The van der Waals surface area contributed by atoms with Crippen LogP contribution in [0.2, 0.25) is 10.0 Å². The lowest BCUT2D eigenvalue weighted by molar-refractivity contribution is -0.144. The molecule has 1 aliphatic heterocycles. The topological polar surface area (TPSA) is 94.0 Å². The number of benzene rings is 2. The Hall–Kier alpha value is -3.92. The van der Waals surface area contributed by atoms with Gasteiger partial charge in [0.1, 0.15) is 18.2 Å². The molecule has 6 rings (SSSR count). The van der Waals surface area contributed by atoms with Crippen LogP contribution in [0, 0.1) is 22.6 Å². The largest absolute Gasteiger partial charge is 0.487 e. The van der Waals surface area contributed by atoms with Crippen molar-refractivity contribution >= 4 is 28.9 Å². The van der Waals surface area contributed by atoms with Gasteiger partial charge < -0.3 is 9.64 Å². The molecule has 2 aromatic carbocycles. The Balaban J connectivity index is 1.15. The summed E-state index contributed by atoms with van der Waals surface area (Å²) in [6.07, 6.45) is -1.17. The number of hydrogen-bond acceptors (Lipinski definition) is 7. The van der Waals surface area contributed by atoms with Crippen molar-refractivity contribution in [1.29, 1.82) is 5.26 Å². The summed E-state index contributed by atoms with van der Waals surface area (Å²) in [4.78, 5) is 12.8. The summed E-state index contributed by atoms with van der Waals surface area (Å²) >= 11 is 12.3. The van der Waals surface area contributed by atoms with Gasteiger partial charge >= 0.3 is 6.18 Å². The van der Waals surface area contributed by atoms with Crippen LogP contribution in [0.15, 0.2) is 48.7 Å². The van der Waals surface area contributed by atoms with Gasteiger partial charge in [-0.05, 0) is 62.1 Å². The van der Waals surface area contributed by atoms with Gasteiger partial charge in [0.15, 0.2) is 5.82 Å². The molecule has 3 heterocycles. The number of aromatic amines is 1. The van der Waals surface area contributed by atoms with Crippen LogP contribution < -0.4 is 9.64 Å². The smallest absolute Gasteiger partial charge is 0.451 e. The first-order valence-electron chi connectivity index (χ1n) is 14.7. The second-order valence-electron chi connectivity index (χ2n) is 11.8. The fourth-order valence-corrected chi connectivity index (χ4v) is 5.90. The van der Waals surface area contributed by atoms with Crippen LogP contribution in [0.3, 0.4) is 0 Å². The van der Waals surface area contributed by atoms with Crippen molar-refractivity contribution in [2.75, 3.05) is 24.5 Å². The number of piperazine rings is 1. The van der Waals surface area contributed by atoms with Crippen molar-refractivity contribution in [3.63, 3.8) is 0 Å². The predicted octanol–water partition coefficient (Wildman–Crippen LogP) is 7.47. The van der Waals surface area contributed by atoms with E-state index in [4.69, 9.17) is 27.9 Å². The highest BCUT2D eigenvalue weighted by atomic mass is 35.5. The van der Waals surface area contributed by atoms with Crippen molar-refractivity contribution in [3.05, 3.63) is 87.2 Å². The summed E-state index contributed by atoms with van der Waals surface area (Å²) in [5.74, 6) is -1.28. The third kappa shape index (κ3) is 7.07. The SMILES string of the molecule is C[C@H]1CN(c2ccc(Cl)c(OCc3ccc(Cl)cc3F)c2)CCN1Cc1ncc(-c2n[nH]c(C(F)(F)F)n2)cc1CC1(C#N)CC1. The number of anilines is 1. The maximum atomic E-state index is 14.3. The van der Waals surface area contributed by atoms with Gasteiger partial charge in [0.05, 0.1) is 22.2 Å². The number of H-pyrrole nitrogens is 1.